The van der Waals surface area contributed by atoms with Crippen molar-refractivity contribution in [2.75, 3.05) is 13.1 Å². The molecule has 0 atom stereocenters. The molecule has 4 aromatic rings. The second-order valence-electron chi connectivity index (χ2n) is 8.02. The van der Waals surface area contributed by atoms with Crippen molar-refractivity contribution in [2.45, 2.75) is 39.3 Å². The van der Waals surface area contributed by atoms with Gasteiger partial charge in [0.15, 0.2) is 11.5 Å². The molecule has 0 bridgehead atoms. The first-order valence-corrected chi connectivity index (χ1v) is 10.1. The lowest BCUT2D eigenvalue weighted by Gasteiger charge is -2.30. The van der Waals surface area contributed by atoms with Crippen molar-refractivity contribution in [1.82, 2.24) is 24.2 Å². The summed E-state index contributed by atoms with van der Waals surface area (Å²) >= 11 is 0. The Kier molecular flexibility index (Phi) is 4.28. The maximum absolute atomic E-state index is 13.0. The van der Waals surface area contributed by atoms with Crippen LogP contribution in [0.4, 0.5) is 0 Å². The Morgan fingerprint density at radius 1 is 1.14 bits per heavy atom. The smallest absolute Gasteiger partial charge is 0.277 e. The van der Waals surface area contributed by atoms with E-state index in [0.717, 1.165) is 65.1 Å². The minimum atomic E-state index is -0.00947. The molecule has 4 heterocycles. The van der Waals surface area contributed by atoms with Crippen LogP contribution in [0.3, 0.4) is 0 Å². The van der Waals surface area contributed by atoms with E-state index in [2.05, 4.69) is 19.5 Å². The maximum Gasteiger partial charge on any atom is 0.277 e. The minimum absolute atomic E-state index is 0.00947. The lowest BCUT2D eigenvalue weighted by molar-refractivity contribution is 0.152. The number of piperidine rings is 1. The first kappa shape index (κ1) is 18.1. The molecule has 3 aromatic heterocycles. The van der Waals surface area contributed by atoms with Crippen LogP contribution >= 0.6 is 0 Å². The highest BCUT2D eigenvalue weighted by atomic mass is 16.3. The number of nitrogens with zero attached hydrogens (tertiary/aromatic N) is 5. The lowest BCUT2D eigenvalue weighted by atomic mass is 9.97. The van der Waals surface area contributed by atoms with Crippen molar-refractivity contribution >= 4 is 21.9 Å². The molecule has 0 spiro atoms. The molecule has 0 radical (unpaired) electrons. The van der Waals surface area contributed by atoms with E-state index >= 15 is 0 Å². The van der Waals surface area contributed by atoms with Crippen LogP contribution in [0.15, 0.2) is 39.7 Å². The molecule has 7 nitrogen and oxygen atoms in total. The van der Waals surface area contributed by atoms with Crippen molar-refractivity contribution in [2.24, 2.45) is 7.05 Å². The monoisotopic (exact) mass is 391 g/mol. The number of benzene rings is 1. The molecule has 1 aliphatic rings. The topological polar surface area (TPSA) is 69.1 Å². The quantitative estimate of drug-likeness (QED) is 0.536. The lowest BCUT2D eigenvalue weighted by Crippen LogP contribution is -2.38. The van der Waals surface area contributed by atoms with Crippen LogP contribution in [0.25, 0.3) is 21.9 Å². The first-order valence-electron chi connectivity index (χ1n) is 10.1. The Bertz CT molecular complexity index is 1220. The molecular weight excluding hydrogens is 366 g/mol. The fourth-order valence-electron chi connectivity index (χ4n) is 4.39. The molecule has 29 heavy (non-hydrogen) atoms. The summed E-state index contributed by atoms with van der Waals surface area (Å²) in [6.07, 6.45) is 3.75. The number of aromatic nitrogens is 4. The van der Waals surface area contributed by atoms with E-state index in [9.17, 15) is 4.79 Å². The van der Waals surface area contributed by atoms with E-state index in [4.69, 9.17) is 4.42 Å². The number of fused-ring (bicyclic) bond motifs is 2. The third kappa shape index (κ3) is 2.97. The number of hydrogen-bond acceptors (Lipinski definition) is 5. The van der Waals surface area contributed by atoms with Crippen LogP contribution < -0.4 is 5.56 Å². The van der Waals surface area contributed by atoms with E-state index in [1.807, 2.05) is 51.4 Å². The molecule has 1 saturated heterocycles. The van der Waals surface area contributed by atoms with Gasteiger partial charge in [0.1, 0.15) is 5.52 Å². The van der Waals surface area contributed by atoms with Crippen LogP contribution in [0.2, 0.25) is 0 Å². The molecule has 1 fully saturated rings. The molecule has 0 unspecified atom stereocenters. The van der Waals surface area contributed by atoms with Gasteiger partial charge >= 0.3 is 0 Å². The Balaban J connectivity index is 1.32. The summed E-state index contributed by atoms with van der Waals surface area (Å²) in [4.78, 5) is 20.0. The van der Waals surface area contributed by atoms with Crippen molar-refractivity contribution in [3.63, 3.8) is 0 Å². The van der Waals surface area contributed by atoms with E-state index < -0.39 is 0 Å². The van der Waals surface area contributed by atoms with Gasteiger partial charge in [-0.1, -0.05) is 12.1 Å². The summed E-state index contributed by atoms with van der Waals surface area (Å²) in [5.41, 5.74) is 3.83. The molecule has 150 valence electrons. The Hall–Kier alpha value is -2.93. The Morgan fingerprint density at radius 3 is 2.66 bits per heavy atom. The summed E-state index contributed by atoms with van der Waals surface area (Å²) in [7, 11) is 1.99. The SMILES string of the molecule is Cc1c2cnn(CN3CCC(c4nc5ccccc5o4)CC3)c(=O)c2c(C)n1C. The van der Waals surface area contributed by atoms with Gasteiger partial charge in [0.05, 0.1) is 18.3 Å². The van der Waals surface area contributed by atoms with E-state index in [1.54, 1.807) is 4.68 Å². The number of rotatable bonds is 3. The minimum Gasteiger partial charge on any atom is -0.440 e. The summed E-state index contributed by atoms with van der Waals surface area (Å²) in [6, 6.07) is 7.90. The summed E-state index contributed by atoms with van der Waals surface area (Å²) in [5.74, 6) is 1.16. The van der Waals surface area contributed by atoms with Crippen molar-refractivity contribution in [1.29, 1.82) is 0 Å². The van der Waals surface area contributed by atoms with Crippen LogP contribution in [0.5, 0.6) is 0 Å². The molecular formula is C22H25N5O2. The zero-order valence-corrected chi connectivity index (χ0v) is 17.1. The van der Waals surface area contributed by atoms with E-state index in [1.165, 1.54) is 0 Å². The number of para-hydroxylation sites is 2. The summed E-state index contributed by atoms with van der Waals surface area (Å²) in [6.45, 7) is 6.32. The summed E-state index contributed by atoms with van der Waals surface area (Å²) in [5, 5.41) is 6.16. The average Bonchev–Trinajstić information content (AvgIpc) is 3.26. The Labute approximate surface area is 168 Å². The van der Waals surface area contributed by atoms with Crippen LogP contribution in [-0.4, -0.2) is 37.3 Å². The van der Waals surface area contributed by atoms with Crippen LogP contribution in [0, 0.1) is 13.8 Å². The highest BCUT2D eigenvalue weighted by molar-refractivity contribution is 5.86. The van der Waals surface area contributed by atoms with Gasteiger partial charge in [0.2, 0.25) is 0 Å². The van der Waals surface area contributed by atoms with Crippen molar-refractivity contribution in [3.8, 4) is 0 Å². The Morgan fingerprint density at radius 2 is 1.90 bits per heavy atom. The average molecular weight is 391 g/mol. The van der Waals surface area contributed by atoms with Crippen molar-refractivity contribution < 1.29 is 4.42 Å². The number of oxazole rings is 1. The van der Waals surface area contributed by atoms with Gasteiger partial charge in [-0.25, -0.2) is 9.67 Å². The van der Waals surface area contributed by atoms with Crippen LogP contribution in [0.1, 0.15) is 36.0 Å². The normalized spacial score (nSPS) is 16.2. The number of likely N-dealkylation sites (tertiary alicyclic amines) is 1. The molecule has 0 N–H and O–H groups in total. The third-order valence-electron chi connectivity index (χ3n) is 6.38. The standard InChI is InChI=1S/C22H25N5O2/c1-14-17-12-23-27(22(28)20(17)15(2)25(14)3)13-26-10-8-16(9-11-26)21-24-18-6-4-5-7-19(18)29-21/h4-7,12,16H,8-11,13H2,1-3H3. The van der Waals surface area contributed by atoms with E-state index in [-0.39, 0.29) is 5.56 Å². The fraction of sp³-hybridized carbons (Fsp3) is 0.409. The van der Waals surface area contributed by atoms with Crippen molar-refractivity contribution in [3.05, 3.63) is 58.1 Å². The first-order chi connectivity index (χ1) is 14.0. The maximum atomic E-state index is 13.0. The highest BCUT2D eigenvalue weighted by Crippen LogP contribution is 2.30. The molecule has 5 rings (SSSR count). The van der Waals surface area contributed by atoms with Gasteiger partial charge in [-0.3, -0.25) is 9.69 Å². The summed E-state index contributed by atoms with van der Waals surface area (Å²) < 4.78 is 9.61. The third-order valence-corrected chi connectivity index (χ3v) is 6.38. The zero-order valence-electron chi connectivity index (χ0n) is 17.1. The highest BCUT2D eigenvalue weighted by Gasteiger charge is 2.25. The number of hydrogen-bond donors (Lipinski definition) is 0. The molecule has 7 heteroatoms. The molecule has 0 saturated carbocycles. The fourth-order valence-corrected chi connectivity index (χ4v) is 4.39. The predicted molar refractivity (Wildman–Crippen MR) is 112 cm³/mol. The number of aryl methyl sites for hydroxylation is 2. The zero-order chi connectivity index (χ0) is 20.1. The van der Waals surface area contributed by atoms with Gasteiger partial charge < -0.3 is 8.98 Å². The molecule has 1 aromatic carbocycles. The van der Waals surface area contributed by atoms with Gasteiger partial charge in [-0.2, -0.15) is 5.10 Å². The predicted octanol–water partition coefficient (Wildman–Crippen LogP) is 3.33. The van der Waals surface area contributed by atoms with Crippen LogP contribution in [-0.2, 0) is 13.7 Å². The van der Waals surface area contributed by atoms with E-state index in [0.29, 0.717) is 12.6 Å². The van der Waals surface area contributed by atoms with Gasteiger partial charge in [0, 0.05) is 42.8 Å². The molecule has 1 aliphatic heterocycles. The van der Waals surface area contributed by atoms with Gasteiger partial charge in [-0.15, -0.1) is 0 Å². The second-order valence-corrected chi connectivity index (χ2v) is 8.02. The molecule has 0 aliphatic carbocycles. The molecule has 0 amide bonds. The van der Waals surface area contributed by atoms with Gasteiger partial charge in [0.25, 0.3) is 5.56 Å². The second kappa shape index (κ2) is 6.84. The largest absolute Gasteiger partial charge is 0.440 e. The van der Waals surface area contributed by atoms with Gasteiger partial charge in [-0.05, 0) is 38.8 Å².